The van der Waals surface area contributed by atoms with E-state index in [9.17, 15) is 22.0 Å². The minimum atomic E-state index is -4.47. The Morgan fingerprint density at radius 1 is 1.29 bits per heavy atom. The fourth-order valence-corrected chi connectivity index (χ4v) is 3.03. The zero-order valence-corrected chi connectivity index (χ0v) is 12.7. The molecule has 1 atom stereocenters. The molecule has 0 heterocycles. The molecule has 0 saturated carbocycles. The van der Waals surface area contributed by atoms with Crippen molar-refractivity contribution in [3.63, 3.8) is 0 Å². The Bertz CT molecular complexity index is 644. The second-order valence-electron chi connectivity index (χ2n) is 5.17. The van der Waals surface area contributed by atoms with Crippen molar-refractivity contribution in [2.24, 2.45) is 5.92 Å². The molecule has 1 rings (SSSR count). The molecule has 0 fully saturated rings. The third-order valence-electron chi connectivity index (χ3n) is 2.81. The topological polar surface area (TPSA) is 83.5 Å². The first-order valence-electron chi connectivity index (χ1n) is 6.25. The van der Waals surface area contributed by atoms with Crippen molar-refractivity contribution >= 4 is 16.0 Å². The summed E-state index contributed by atoms with van der Waals surface area (Å²) in [7, 11) is -4.47. The molecule has 1 aromatic rings. The minimum absolute atomic E-state index is 0.0323. The summed E-state index contributed by atoms with van der Waals surface area (Å²) in [5.41, 5.74) is -0.0385. The summed E-state index contributed by atoms with van der Waals surface area (Å²) in [4.78, 5) is 10.2. The molecule has 0 spiro atoms. The van der Waals surface area contributed by atoms with Gasteiger partial charge < -0.3 is 5.11 Å². The normalized spacial score (nSPS) is 13.4. The average molecular weight is 321 g/mol. The zero-order chi connectivity index (χ0) is 16.4. The van der Waals surface area contributed by atoms with Gasteiger partial charge in [0.25, 0.3) is 0 Å². The molecule has 5 nitrogen and oxygen atoms in total. The van der Waals surface area contributed by atoms with Gasteiger partial charge in [0.2, 0.25) is 10.0 Å². The number of carbonyl (C=O) groups is 1. The fraction of sp³-hybridized carbons (Fsp3) is 0.462. The smallest absolute Gasteiger partial charge is 0.321 e. The number of hydrogen-bond donors (Lipinski definition) is 2. The highest BCUT2D eigenvalue weighted by Gasteiger charge is 2.28. The van der Waals surface area contributed by atoms with Crippen LogP contribution in [0.4, 0.5) is 8.78 Å². The maximum absolute atomic E-state index is 13.7. The van der Waals surface area contributed by atoms with Crippen LogP contribution in [0.15, 0.2) is 17.0 Å². The molecule has 0 aliphatic rings. The number of hydrogen-bond acceptors (Lipinski definition) is 3. The number of aryl methyl sites for hydroxylation is 1. The van der Waals surface area contributed by atoms with Crippen molar-refractivity contribution in [1.82, 2.24) is 4.72 Å². The van der Waals surface area contributed by atoms with Gasteiger partial charge in [-0.05, 0) is 37.0 Å². The van der Waals surface area contributed by atoms with E-state index in [0.29, 0.717) is 6.07 Å². The molecule has 0 saturated heterocycles. The van der Waals surface area contributed by atoms with E-state index in [4.69, 9.17) is 5.11 Å². The molecule has 0 radical (unpaired) electrons. The van der Waals surface area contributed by atoms with Crippen molar-refractivity contribution in [3.8, 4) is 0 Å². The van der Waals surface area contributed by atoms with Crippen LogP contribution < -0.4 is 4.72 Å². The lowest BCUT2D eigenvalue weighted by Crippen LogP contribution is -2.41. The highest BCUT2D eigenvalue weighted by Crippen LogP contribution is 2.20. The van der Waals surface area contributed by atoms with E-state index >= 15 is 0 Å². The Morgan fingerprint density at radius 3 is 2.33 bits per heavy atom. The first-order valence-corrected chi connectivity index (χ1v) is 7.73. The van der Waals surface area contributed by atoms with Crippen LogP contribution in [-0.2, 0) is 14.8 Å². The maximum atomic E-state index is 13.7. The Kier molecular flexibility index (Phi) is 5.41. The number of halogens is 2. The monoisotopic (exact) mass is 321 g/mol. The molecule has 21 heavy (non-hydrogen) atoms. The number of nitrogens with one attached hydrogen (secondary N) is 1. The van der Waals surface area contributed by atoms with E-state index in [0.717, 1.165) is 6.07 Å². The van der Waals surface area contributed by atoms with Gasteiger partial charge in [0.1, 0.15) is 22.6 Å². The van der Waals surface area contributed by atoms with E-state index in [-0.39, 0.29) is 17.9 Å². The molecule has 1 unspecified atom stereocenters. The molecular weight excluding hydrogens is 304 g/mol. The highest BCUT2D eigenvalue weighted by molar-refractivity contribution is 7.89. The molecule has 8 heteroatoms. The van der Waals surface area contributed by atoms with Crippen molar-refractivity contribution in [3.05, 3.63) is 29.3 Å². The summed E-state index contributed by atoms with van der Waals surface area (Å²) >= 11 is 0. The molecule has 1 aromatic carbocycles. The third-order valence-corrected chi connectivity index (χ3v) is 4.29. The summed E-state index contributed by atoms with van der Waals surface area (Å²) in [6.07, 6.45) is 0.0323. The van der Waals surface area contributed by atoms with Crippen molar-refractivity contribution in [1.29, 1.82) is 0 Å². The van der Waals surface area contributed by atoms with Crippen LogP contribution in [-0.4, -0.2) is 25.5 Å². The van der Waals surface area contributed by atoms with Crippen LogP contribution >= 0.6 is 0 Å². The van der Waals surface area contributed by atoms with Gasteiger partial charge in [0.05, 0.1) is 0 Å². The Morgan fingerprint density at radius 2 is 1.86 bits per heavy atom. The molecular formula is C13H17F2NO4S. The van der Waals surface area contributed by atoms with E-state index < -0.39 is 38.6 Å². The summed E-state index contributed by atoms with van der Waals surface area (Å²) < 4.78 is 53.1. The molecule has 0 aliphatic heterocycles. The van der Waals surface area contributed by atoms with Crippen molar-refractivity contribution in [2.45, 2.75) is 38.1 Å². The number of benzene rings is 1. The number of carboxylic acids is 1. The average Bonchev–Trinajstić information content (AvgIpc) is 2.31. The Hall–Kier alpha value is -1.54. The number of aliphatic carboxylic acids is 1. The Labute approximate surface area is 122 Å². The lowest BCUT2D eigenvalue weighted by Gasteiger charge is -2.17. The first kappa shape index (κ1) is 17.5. The van der Waals surface area contributed by atoms with E-state index in [1.54, 1.807) is 13.8 Å². The van der Waals surface area contributed by atoms with Crippen molar-refractivity contribution < 1.29 is 27.1 Å². The number of rotatable bonds is 6. The number of carboxylic acid groups (broad SMARTS) is 1. The highest BCUT2D eigenvalue weighted by atomic mass is 32.2. The van der Waals surface area contributed by atoms with Gasteiger partial charge in [0.15, 0.2) is 0 Å². The lowest BCUT2D eigenvalue weighted by atomic mass is 10.1. The van der Waals surface area contributed by atoms with Gasteiger partial charge in [-0.3, -0.25) is 4.79 Å². The predicted molar refractivity (Wildman–Crippen MR) is 72.3 cm³/mol. The third kappa shape index (κ3) is 4.47. The molecule has 0 amide bonds. The zero-order valence-electron chi connectivity index (χ0n) is 11.9. The van der Waals surface area contributed by atoms with Crippen LogP contribution in [0.25, 0.3) is 0 Å². The second-order valence-corrected chi connectivity index (χ2v) is 6.86. The van der Waals surface area contributed by atoms with Gasteiger partial charge >= 0.3 is 5.97 Å². The van der Waals surface area contributed by atoms with E-state index in [1.807, 2.05) is 4.72 Å². The molecule has 2 N–H and O–H groups in total. The van der Waals surface area contributed by atoms with Gasteiger partial charge in [-0.15, -0.1) is 0 Å². The van der Waals surface area contributed by atoms with Gasteiger partial charge in [0, 0.05) is 0 Å². The van der Waals surface area contributed by atoms with Crippen LogP contribution in [0.5, 0.6) is 0 Å². The second kappa shape index (κ2) is 6.48. The Balaban J connectivity index is 3.16. The molecule has 0 aliphatic carbocycles. The van der Waals surface area contributed by atoms with Crippen LogP contribution in [0, 0.1) is 24.5 Å². The van der Waals surface area contributed by atoms with Crippen LogP contribution in [0.1, 0.15) is 25.8 Å². The van der Waals surface area contributed by atoms with Gasteiger partial charge in [-0.1, -0.05) is 13.8 Å². The SMILES string of the molecule is Cc1cc(F)c(S(=O)(=O)NC(CC(C)C)C(=O)O)cc1F. The number of sulfonamides is 1. The lowest BCUT2D eigenvalue weighted by molar-refractivity contribution is -0.139. The summed E-state index contributed by atoms with van der Waals surface area (Å²) in [5, 5.41) is 9.01. The van der Waals surface area contributed by atoms with Gasteiger partial charge in [-0.2, -0.15) is 4.72 Å². The largest absolute Gasteiger partial charge is 0.480 e. The fourth-order valence-electron chi connectivity index (χ4n) is 1.76. The quantitative estimate of drug-likeness (QED) is 0.840. The molecule has 0 bridgehead atoms. The van der Waals surface area contributed by atoms with Crippen LogP contribution in [0.3, 0.4) is 0 Å². The predicted octanol–water partition coefficient (Wildman–Crippen LogP) is 2.05. The van der Waals surface area contributed by atoms with Gasteiger partial charge in [-0.25, -0.2) is 17.2 Å². The van der Waals surface area contributed by atoms with Crippen LogP contribution in [0.2, 0.25) is 0 Å². The molecule has 118 valence electrons. The summed E-state index contributed by atoms with van der Waals surface area (Å²) in [6, 6.07) is -0.109. The standard InChI is InChI=1S/C13H17F2NO4S/c1-7(2)4-11(13(17)18)16-21(19,20)12-6-9(14)8(3)5-10(12)15/h5-7,11,16H,4H2,1-3H3,(H,17,18). The molecule has 0 aromatic heterocycles. The maximum Gasteiger partial charge on any atom is 0.321 e. The first-order chi connectivity index (χ1) is 9.54. The van der Waals surface area contributed by atoms with Crippen molar-refractivity contribution in [2.75, 3.05) is 0 Å². The minimum Gasteiger partial charge on any atom is -0.480 e. The van der Waals surface area contributed by atoms with E-state index in [2.05, 4.69) is 0 Å². The summed E-state index contributed by atoms with van der Waals surface area (Å²) in [6.45, 7) is 4.73. The summed E-state index contributed by atoms with van der Waals surface area (Å²) in [5.74, 6) is -3.48. The van der Waals surface area contributed by atoms with E-state index in [1.165, 1.54) is 6.92 Å².